The Morgan fingerprint density at radius 3 is 2.89 bits per heavy atom. The number of anilines is 2. The smallest absolute Gasteiger partial charge is 0.352 e. The van der Waals surface area contributed by atoms with Crippen molar-refractivity contribution in [2.24, 2.45) is 5.16 Å². The summed E-state index contributed by atoms with van der Waals surface area (Å²) in [6.07, 6.45) is 1.61. The molecule has 2 aliphatic heterocycles. The third-order valence-electron chi connectivity index (χ3n) is 5.26. The molecule has 0 aromatic carbocycles. The molecule has 1 fully saturated rings. The minimum absolute atomic E-state index is 0.00156. The lowest BCUT2D eigenvalue weighted by molar-refractivity contribution is -0.767. The number of fused-ring (bicyclic) bond motifs is 1. The monoisotopic (exact) mass is 510 g/mol. The molecule has 17 heteroatoms. The van der Waals surface area contributed by atoms with Crippen LogP contribution in [0.5, 0.6) is 0 Å². The predicted molar refractivity (Wildman–Crippen MR) is 117 cm³/mol. The summed E-state index contributed by atoms with van der Waals surface area (Å²) in [5, 5.41) is 18.8. The highest BCUT2D eigenvalue weighted by Gasteiger charge is 2.55. The summed E-state index contributed by atoms with van der Waals surface area (Å²) in [7, 11) is 1.20. The SMILES string of the molecule is CON=C(C(=O)N[C@@H]1C(=O)N2C(C(=O)O)=C(C[n+]3ccc(N)n3CCF)CS[C@H]12)c1noc(N)n1. The molecule has 2 amide bonds. The molecule has 186 valence electrons. The fraction of sp³-hybridized carbons (Fsp3) is 0.389. The molecule has 0 saturated carbocycles. The Morgan fingerprint density at radius 2 is 2.26 bits per heavy atom. The van der Waals surface area contributed by atoms with Crippen molar-refractivity contribution in [3.63, 3.8) is 0 Å². The number of hydrogen-bond donors (Lipinski definition) is 4. The highest BCUT2D eigenvalue weighted by Crippen LogP contribution is 2.40. The third kappa shape index (κ3) is 4.36. The molecule has 15 nitrogen and oxygen atoms in total. The zero-order chi connectivity index (χ0) is 25.3. The molecule has 0 radical (unpaired) electrons. The number of carbonyl (C=O) groups is 3. The molecule has 35 heavy (non-hydrogen) atoms. The van der Waals surface area contributed by atoms with E-state index in [-0.39, 0.29) is 42.1 Å². The maximum absolute atomic E-state index is 12.9. The maximum atomic E-state index is 12.9. The van der Waals surface area contributed by atoms with Gasteiger partial charge in [0, 0.05) is 11.3 Å². The second kappa shape index (κ2) is 9.61. The number of aromatic nitrogens is 4. The summed E-state index contributed by atoms with van der Waals surface area (Å²) in [6.45, 7) is -0.570. The van der Waals surface area contributed by atoms with Gasteiger partial charge in [-0.25, -0.2) is 9.18 Å². The molecular weight excluding hydrogens is 489 g/mol. The molecule has 2 atom stereocenters. The van der Waals surface area contributed by atoms with Gasteiger partial charge in [0.1, 0.15) is 37.4 Å². The fourth-order valence-electron chi connectivity index (χ4n) is 3.77. The highest BCUT2D eigenvalue weighted by atomic mass is 32.2. The first-order chi connectivity index (χ1) is 16.8. The van der Waals surface area contributed by atoms with Gasteiger partial charge in [-0.3, -0.25) is 14.5 Å². The number of oxime groups is 1. The zero-order valence-electron chi connectivity index (χ0n) is 18.3. The van der Waals surface area contributed by atoms with Crippen molar-refractivity contribution >= 4 is 47.1 Å². The van der Waals surface area contributed by atoms with Crippen LogP contribution in [0, 0.1) is 0 Å². The minimum Gasteiger partial charge on any atom is -0.477 e. The van der Waals surface area contributed by atoms with Gasteiger partial charge in [0.05, 0.1) is 6.07 Å². The lowest BCUT2D eigenvalue weighted by atomic mass is 10.0. The molecule has 1 saturated heterocycles. The van der Waals surface area contributed by atoms with Crippen LogP contribution in [0.3, 0.4) is 0 Å². The Kier molecular flexibility index (Phi) is 6.59. The van der Waals surface area contributed by atoms with Crippen molar-refractivity contribution in [3.8, 4) is 0 Å². The Morgan fingerprint density at radius 1 is 1.49 bits per heavy atom. The van der Waals surface area contributed by atoms with E-state index in [9.17, 15) is 23.9 Å². The molecule has 0 bridgehead atoms. The Labute approximate surface area is 200 Å². The van der Waals surface area contributed by atoms with Crippen LogP contribution in [-0.2, 0) is 32.3 Å². The molecule has 2 aliphatic rings. The highest BCUT2D eigenvalue weighted by molar-refractivity contribution is 8.00. The first kappa shape index (κ1) is 24.0. The molecule has 0 aliphatic carbocycles. The number of halogens is 1. The van der Waals surface area contributed by atoms with E-state index in [0.29, 0.717) is 11.4 Å². The average Bonchev–Trinajstić information content (AvgIpc) is 3.41. The van der Waals surface area contributed by atoms with Crippen molar-refractivity contribution in [1.82, 2.24) is 25.0 Å². The van der Waals surface area contributed by atoms with Crippen molar-refractivity contribution in [1.29, 1.82) is 0 Å². The fourth-order valence-corrected chi connectivity index (χ4v) is 5.10. The molecule has 6 N–H and O–H groups in total. The van der Waals surface area contributed by atoms with Crippen molar-refractivity contribution in [2.75, 3.05) is 31.0 Å². The van der Waals surface area contributed by atoms with Gasteiger partial charge in [0.25, 0.3) is 11.8 Å². The number of carboxylic acids is 1. The van der Waals surface area contributed by atoms with Crippen molar-refractivity contribution in [3.05, 3.63) is 29.4 Å². The van der Waals surface area contributed by atoms with E-state index in [0.717, 1.165) is 4.90 Å². The second-order valence-corrected chi connectivity index (χ2v) is 8.45. The normalized spacial score (nSPS) is 19.9. The van der Waals surface area contributed by atoms with Crippen LogP contribution in [0.2, 0.25) is 0 Å². The molecule has 0 unspecified atom stereocenters. The van der Waals surface area contributed by atoms with E-state index in [1.165, 1.54) is 23.6 Å². The summed E-state index contributed by atoms with van der Waals surface area (Å²) in [6, 6.07) is 0.242. The van der Waals surface area contributed by atoms with Gasteiger partial charge in [0.15, 0.2) is 18.6 Å². The molecule has 0 spiro atoms. The van der Waals surface area contributed by atoms with Crippen LogP contribution in [-0.4, -0.2) is 79.3 Å². The Bertz CT molecular complexity index is 1240. The number of aliphatic carboxylic acids is 1. The van der Waals surface area contributed by atoms with Crippen LogP contribution in [0.1, 0.15) is 5.82 Å². The number of β-lactam (4-membered cyclic amide) rings is 1. The number of carboxylic acid groups (broad SMARTS) is 1. The van der Waals surface area contributed by atoms with Crippen molar-refractivity contribution < 1.29 is 37.9 Å². The van der Waals surface area contributed by atoms with Crippen LogP contribution < -0.4 is 21.5 Å². The zero-order valence-corrected chi connectivity index (χ0v) is 19.1. The summed E-state index contributed by atoms with van der Waals surface area (Å²) in [5.41, 5.74) is 11.1. The number of nitrogens with one attached hydrogen (secondary N) is 1. The number of hydrogen-bond acceptors (Lipinski definition) is 11. The van der Waals surface area contributed by atoms with Gasteiger partial charge in [0.2, 0.25) is 11.5 Å². The van der Waals surface area contributed by atoms with Crippen molar-refractivity contribution in [2.45, 2.75) is 24.5 Å². The molecule has 2 aromatic rings. The third-order valence-corrected chi connectivity index (χ3v) is 6.60. The van der Waals surface area contributed by atoms with Gasteiger partial charge in [-0.15, -0.1) is 21.1 Å². The molecular formula is C18H21FN9O6S+. The standard InChI is InChI=1S/C18H20FN9O6S/c1-33-24-10(13-23-18(21)34-25-13)14(29)22-11-15(30)28-12(17(31)32)8(7-35-16(11)28)6-26-4-2-9(20)27(26)5-3-19/h2,4,11,16,20H,3,5-7H2,1H3,(H4,21,22,23,25,29,31,32)/p+1/t11-,16-/m1/s1. The number of rotatable bonds is 9. The topological polar surface area (TPSA) is 208 Å². The van der Waals surface area contributed by atoms with Crippen LogP contribution in [0.15, 0.2) is 33.2 Å². The van der Waals surface area contributed by atoms with E-state index in [4.69, 9.17) is 11.5 Å². The molecule has 4 heterocycles. The maximum Gasteiger partial charge on any atom is 0.352 e. The first-order valence-electron chi connectivity index (χ1n) is 10.1. The second-order valence-electron chi connectivity index (χ2n) is 7.35. The number of nitrogen functional groups attached to an aromatic ring is 2. The number of alkyl halides is 1. The Hall–Kier alpha value is -4.15. The summed E-state index contributed by atoms with van der Waals surface area (Å²) < 4.78 is 20.6. The lowest BCUT2D eigenvalue weighted by Gasteiger charge is -2.49. The predicted octanol–water partition coefficient (Wildman–Crippen LogP) is -1.92. The van der Waals surface area contributed by atoms with E-state index < -0.39 is 35.9 Å². The quantitative estimate of drug-likeness (QED) is 0.126. The Balaban J connectivity index is 1.54. The van der Waals surface area contributed by atoms with E-state index in [1.54, 1.807) is 16.9 Å². The summed E-state index contributed by atoms with van der Waals surface area (Å²) in [5.74, 6) is -2.45. The van der Waals surface area contributed by atoms with Gasteiger partial charge in [-0.05, 0) is 0 Å². The van der Waals surface area contributed by atoms with E-state index in [1.807, 2.05) is 0 Å². The van der Waals surface area contributed by atoms with Gasteiger partial charge >= 0.3 is 12.0 Å². The van der Waals surface area contributed by atoms with E-state index in [2.05, 4.69) is 30.0 Å². The van der Waals surface area contributed by atoms with Gasteiger partial charge < -0.3 is 31.3 Å². The van der Waals surface area contributed by atoms with Gasteiger partial charge in [-0.2, -0.15) is 4.98 Å². The molecule has 4 rings (SSSR count). The van der Waals surface area contributed by atoms with Gasteiger partial charge in [-0.1, -0.05) is 10.3 Å². The lowest BCUT2D eigenvalue weighted by Crippen LogP contribution is -2.71. The minimum atomic E-state index is -1.30. The first-order valence-corrected chi connectivity index (χ1v) is 11.1. The van der Waals surface area contributed by atoms with Crippen LogP contribution >= 0.6 is 11.8 Å². The van der Waals surface area contributed by atoms with Crippen LogP contribution in [0.25, 0.3) is 0 Å². The van der Waals surface area contributed by atoms with Crippen LogP contribution in [0.4, 0.5) is 16.2 Å². The largest absolute Gasteiger partial charge is 0.477 e. The molecule has 2 aromatic heterocycles. The van der Waals surface area contributed by atoms with E-state index >= 15 is 0 Å². The number of nitrogens with zero attached hydrogens (tertiary/aromatic N) is 6. The number of carbonyl (C=O) groups excluding carboxylic acids is 2. The average molecular weight is 510 g/mol. The number of thioether (sulfide) groups is 1. The summed E-state index contributed by atoms with van der Waals surface area (Å²) in [4.78, 5) is 47.2. The summed E-state index contributed by atoms with van der Waals surface area (Å²) >= 11 is 1.27. The number of amides is 2. The number of nitrogens with two attached hydrogens (primary N) is 2.